The number of benzene rings is 2. The Balaban J connectivity index is 1.96. The number of nitrogens with two attached hydrogens (primary N) is 1. The van der Waals surface area contributed by atoms with Crippen LogP contribution in [0.2, 0.25) is 0 Å². The van der Waals surface area contributed by atoms with Crippen LogP contribution in [-0.2, 0) is 6.54 Å². The van der Waals surface area contributed by atoms with Gasteiger partial charge in [0.25, 0.3) is 0 Å². The van der Waals surface area contributed by atoms with Gasteiger partial charge in [0, 0.05) is 17.6 Å². The minimum Gasteiger partial charge on any atom is -0.340 e. The van der Waals surface area contributed by atoms with Crippen LogP contribution in [0, 0.1) is 0 Å². The molecule has 0 saturated carbocycles. The van der Waals surface area contributed by atoms with Crippen LogP contribution in [0.1, 0.15) is 5.56 Å². The van der Waals surface area contributed by atoms with Crippen molar-refractivity contribution in [3.8, 4) is 0 Å². The van der Waals surface area contributed by atoms with Crippen molar-refractivity contribution in [3.05, 3.63) is 60.4 Å². The van der Waals surface area contributed by atoms with Crippen molar-refractivity contribution in [2.45, 2.75) is 6.54 Å². The Morgan fingerprint density at radius 3 is 2.53 bits per heavy atom. The van der Waals surface area contributed by atoms with E-state index in [1.165, 1.54) is 0 Å². The highest BCUT2D eigenvalue weighted by Gasteiger charge is 2.02. The van der Waals surface area contributed by atoms with E-state index in [1.807, 2.05) is 48.5 Å². The Labute approximate surface area is 111 Å². The van der Waals surface area contributed by atoms with Crippen LogP contribution in [0.3, 0.4) is 0 Å². The zero-order valence-electron chi connectivity index (χ0n) is 10.4. The van der Waals surface area contributed by atoms with Crippen LogP contribution in [-0.4, -0.2) is 9.97 Å². The highest BCUT2D eigenvalue weighted by molar-refractivity contribution is 5.90. The highest BCUT2D eigenvalue weighted by Crippen LogP contribution is 2.22. The number of fused-ring (bicyclic) bond motifs is 1. The molecule has 19 heavy (non-hydrogen) atoms. The maximum atomic E-state index is 5.59. The molecule has 0 amide bonds. The summed E-state index contributed by atoms with van der Waals surface area (Å²) in [5, 5.41) is 4.31. The van der Waals surface area contributed by atoms with Crippen LogP contribution in [0.25, 0.3) is 10.9 Å². The summed E-state index contributed by atoms with van der Waals surface area (Å²) in [6, 6.07) is 15.9. The fraction of sp³-hybridized carbons (Fsp3) is 0.0667. The molecule has 0 aliphatic carbocycles. The lowest BCUT2D eigenvalue weighted by atomic mass is 10.2. The Kier molecular flexibility index (Phi) is 3.08. The molecule has 0 aliphatic heterocycles. The first-order valence-electron chi connectivity index (χ1n) is 6.12. The Hall–Kier alpha value is -2.46. The molecule has 0 aliphatic rings. The average Bonchev–Trinajstić information content (AvgIpc) is 2.48. The van der Waals surface area contributed by atoms with E-state index in [0.717, 1.165) is 28.0 Å². The Bertz CT molecular complexity index is 687. The van der Waals surface area contributed by atoms with Gasteiger partial charge in [-0.15, -0.1) is 0 Å². The molecule has 4 nitrogen and oxygen atoms in total. The fourth-order valence-electron chi connectivity index (χ4n) is 1.97. The van der Waals surface area contributed by atoms with Gasteiger partial charge in [-0.3, -0.25) is 0 Å². The van der Waals surface area contributed by atoms with Crippen molar-refractivity contribution in [2.24, 2.45) is 5.73 Å². The summed E-state index contributed by atoms with van der Waals surface area (Å²) in [4.78, 5) is 8.54. The molecule has 2 aromatic carbocycles. The summed E-state index contributed by atoms with van der Waals surface area (Å²) in [5.74, 6) is 0.811. The quantitative estimate of drug-likeness (QED) is 0.750. The second-order valence-corrected chi connectivity index (χ2v) is 4.27. The number of nitrogens with zero attached hydrogens (tertiary/aromatic N) is 2. The standard InChI is InChI=1S/C15H14N4/c16-9-11-5-7-12(8-6-11)19-15-13-3-1-2-4-14(13)17-10-18-15/h1-8,10H,9,16H2,(H,17,18,19). The van der Waals surface area contributed by atoms with E-state index in [4.69, 9.17) is 5.73 Å². The number of nitrogens with one attached hydrogen (secondary N) is 1. The summed E-state index contributed by atoms with van der Waals surface area (Å²) in [5.41, 5.74) is 8.61. The third kappa shape index (κ3) is 2.39. The van der Waals surface area contributed by atoms with Gasteiger partial charge in [-0.1, -0.05) is 24.3 Å². The summed E-state index contributed by atoms with van der Waals surface area (Å²) in [6.07, 6.45) is 1.57. The van der Waals surface area contributed by atoms with Gasteiger partial charge in [0.05, 0.1) is 5.52 Å². The fourth-order valence-corrected chi connectivity index (χ4v) is 1.97. The number of anilines is 2. The zero-order valence-corrected chi connectivity index (χ0v) is 10.4. The van der Waals surface area contributed by atoms with E-state index in [2.05, 4.69) is 15.3 Å². The third-order valence-corrected chi connectivity index (χ3v) is 3.00. The van der Waals surface area contributed by atoms with E-state index in [-0.39, 0.29) is 0 Å². The lowest BCUT2D eigenvalue weighted by molar-refractivity contribution is 1.07. The van der Waals surface area contributed by atoms with Gasteiger partial charge in [0.15, 0.2) is 0 Å². The predicted molar refractivity (Wildman–Crippen MR) is 77.2 cm³/mol. The number of hydrogen-bond acceptors (Lipinski definition) is 4. The van der Waals surface area contributed by atoms with E-state index in [1.54, 1.807) is 6.33 Å². The minimum absolute atomic E-state index is 0.552. The SMILES string of the molecule is NCc1ccc(Nc2ncnc3ccccc23)cc1. The molecule has 94 valence electrons. The van der Waals surface area contributed by atoms with Gasteiger partial charge < -0.3 is 11.1 Å². The van der Waals surface area contributed by atoms with E-state index in [0.29, 0.717) is 6.54 Å². The molecule has 0 atom stereocenters. The molecular weight excluding hydrogens is 236 g/mol. The second-order valence-electron chi connectivity index (χ2n) is 4.27. The maximum absolute atomic E-state index is 5.59. The van der Waals surface area contributed by atoms with Crippen LogP contribution >= 0.6 is 0 Å². The van der Waals surface area contributed by atoms with E-state index in [9.17, 15) is 0 Å². The van der Waals surface area contributed by atoms with Crippen molar-refractivity contribution in [1.82, 2.24) is 9.97 Å². The zero-order chi connectivity index (χ0) is 13.1. The van der Waals surface area contributed by atoms with Gasteiger partial charge in [0.1, 0.15) is 12.1 Å². The Morgan fingerprint density at radius 1 is 0.947 bits per heavy atom. The molecule has 0 unspecified atom stereocenters. The van der Waals surface area contributed by atoms with E-state index < -0.39 is 0 Å². The van der Waals surface area contributed by atoms with Gasteiger partial charge in [-0.2, -0.15) is 0 Å². The summed E-state index contributed by atoms with van der Waals surface area (Å²) < 4.78 is 0. The smallest absolute Gasteiger partial charge is 0.141 e. The third-order valence-electron chi connectivity index (χ3n) is 3.00. The monoisotopic (exact) mass is 250 g/mol. The molecule has 0 spiro atoms. The average molecular weight is 250 g/mol. The first kappa shape index (κ1) is 11.6. The molecule has 3 aromatic rings. The summed E-state index contributed by atoms with van der Waals surface area (Å²) in [7, 11) is 0. The summed E-state index contributed by atoms with van der Waals surface area (Å²) in [6.45, 7) is 0.552. The van der Waals surface area contributed by atoms with Gasteiger partial charge in [-0.05, 0) is 29.8 Å². The number of aromatic nitrogens is 2. The molecule has 3 rings (SSSR count). The van der Waals surface area contributed by atoms with Crippen LogP contribution in [0.4, 0.5) is 11.5 Å². The number of hydrogen-bond donors (Lipinski definition) is 2. The van der Waals surface area contributed by atoms with E-state index >= 15 is 0 Å². The first-order valence-corrected chi connectivity index (χ1v) is 6.12. The topological polar surface area (TPSA) is 63.8 Å². The molecule has 0 radical (unpaired) electrons. The molecule has 1 heterocycles. The molecule has 3 N–H and O–H groups in total. The largest absolute Gasteiger partial charge is 0.340 e. The van der Waals surface area contributed by atoms with Crippen LogP contribution in [0.5, 0.6) is 0 Å². The van der Waals surface area contributed by atoms with Gasteiger partial charge in [-0.25, -0.2) is 9.97 Å². The highest BCUT2D eigenvalue weighted by atomic mass is 15.0. The lowest BCUT2D eigenvalue weighted by Gasteiger charge is -2.08. The van der Waals surface area contributed by atoms with Crippen molar-refractivity contribution in [3.63, 3.8) is 0 Å². The van der Waals surface area contributed by atoms with Crippen molar-refractivity contribution >= 4 is 22.4 Å². The first-order chi connectivity index (χ1) is 9.36. The molecule has 0 bridgehead atoms. The normalized spacial score (nSPS) is 10.6. The van der Waals surface area contributed by atoms with Crippen LogP contribution in [0.15, 0.2) is 54.9 Å². The number of rotatable bonds is 3. The predicted octanol–water partition coefficient (Wildman–Crippen LogP) is 2.83. The number of para-hydroxylation sites is 1. The van der Waals surface area contributed by atoms with Gasteiger partial charge >= 0.3 is 0 Å². The molecule has 1 aromatic heterocycles. The lowest BCUT2D eigenvalue weighted by Crippen LogP contribution is -1.98. The molecule has 0 saturated heterocycles. The maximum Gasteiger partial charge on any atom is 0.141 e. The van der Waals surface area contributed by atoms with Crippen molar-refractivity contribution in [1.29, 1.82) is 0 Å². The molecule has 0 fully saturated rings. The van der Waals surface area contributed by atoms with Crippen molar-refractivity contribution < 1.29 is 0 Å². The van der Waals surface area contributed by atoms with Crippen molar-refractivity contribution in [2.75, 3.05) is 5.32 Å². The van der Waals surface area contributed by atoms with Gasteiger partial charge in [0.2, 0.25) is 0 Å². The molecular formula is C15H14N4. The molecule has 4 heteroatoms. The van der Waals surface area contributed by atoms with Crippen LogP contribution < -0.4 is 11.1 Å². The minimum atomic E-state index is 0.552. The summed E-state index contributed by atoms with van der Waals surface area (Å²) >= 11 is 0. The Morgan fingerprint density at radius 2 is 1.74 bits per heavy atom. The second kappa shape index (κ2) is 5.04.